The Hall–Kier alpha value is -1.75. The Morgan fingerprint density at radius 1 is 1.20 bits per heavy atom. The Balaban J connectivity index is 0.00000182. The van der Waals surface area contributed by atoms with Gasteiger partial charge in [0, 0.05) is 24.1 Å². The van der Waals surface area contributed by atoms with Crippen molar-refractivity contribution >= 4 is 29.6 Å². The molecule has 4 rings (SSSR count). The zero-order valence-corrected chi connectivity index (χ0v) is 15.2. The van der Waals surface area contributed by atoms with Crippen LogP contribution < -0.4 is 14.8 Å². The number of fused-ring (bicyclic) bond motifs is 1. The second-order valence-electron chi connectivity index (χ2n) is 6.09. The van der Waals surface area contributed by atoms with Crippen molar-refractivity contribution in [3.05, 3.63) is 64.4 Å². The Labute approximate surface area is 157 Å². The number of hydrogen-bond acceptors (Lipinski definition) is 3. The fourth-order valence-corrected chi connectivity index (χ4v) is 3.37. The molecule has 0 fully saturated rings. The standard InChI is InChI=1S/C19H17ClFNO2.ClH/c1-19(15-6-5-13(20)11-16(15)21)23-17-4-2-3-14(18(17)24-19)12-7-9-22-10-8-12;/h2-7,11,22H,8-10H2,1H3;1H. The summed E-state index contributed by atoms with van der Waals surface area (Å²) in [7, 11) is 0. The van der Waals surface area contributed by atoms with E-state index in [1.807, 2.05) is 18.2 Å². The van der Waals surface area contributed by atoms with Crippen molar-refractivity contribution in [1.29, 1.82) is 0 Å². The summed E-state index contributed by atoms with van der Waals surface area (Å²) in [5.74, 6) is -0.354. The van der Waals surface area contributed by atoms with E-state index in [1.54, 1.807) is 19.1 Å². The Morgan fingerprint density at radius 3 is 2.76 bits per heavy atom. The Kier molecular flexibility index (Phi) is 4.96. The number of para-hydroxylation sites is 1. The molecule has 2 aliphatic rings. The molecule has 0 saturated carbocycles. The molecule has 0 saturated heterocycles. The SMILES string of the molecule is CC1(c2ccc(Cl)cc2F)Oc2cccc(C3=CCNCC3)c2O1.Cl. The van der Waals surface area contributed by atoms with Crippen molar-refractivity contribution in [3.63, 3.8) is 0 Å². The van der Waals surface area contributed by atoms with Crippen LogP contribution in [0.5, 0.6) is 11.5 Å². The van der Waals surface area contributed by atoms with Crippen LogP contribution in [0.25, 0.3) is 5.57 Å². The fraction of sp³-hybridized carbons (Fsp3) is 0.263. The van der Waals surface area contributed by atoms with Gasteiger partial charge in [-0.05, 0) is 42.8 Å². The summed E-state index contributed by atoms with van der Waals surface area (Å²) < 4.78 is 26.5. The highest BCUT2D eigenvalue weighted by Crippen LogP contribution is 2.48. The second kappa shape index (κ2) is 6.87. The van der Waals surface area contributed by atoms with Crippen LogP contribution in [0, 0.1) is 5.82 Å². The van der Waals surface area contributed by atoms with Gasteiger partial charge in [-0.2, -0.15) is 0 Å². The van der Waals surface area contributed by atoms with Gasteiger partial charge >= 0.3 is 0 Å². The predicted octanol–water partition coefficient (Wildman–Crippen LogP) is 4.92. The molecule has 2 heterocycles. The molecular weight excluding hydrogens is 364 g/mol. The van der Waals surface area contributed by atoms with Crippen molar-refractivity contribution in [1.82, 2.24) is 5.32 Å². The van der Waals surface area contributed by atoms with Gasteiger partial charge in [0.1, 0.15) is 5.82 Å². The Morgan fingerprint density at radius 2 is 2.04 bits per heavy atom. The predicted molar refractivity (Wildman–Crippen MR) is 99.2 cm³/mol. The molecule has 2 aliphatic heterocycles. The van der Waals surface area contributed by atoms with Gasteiger partial charge < -0.3 is 14.8 Å². The van der Waals surface area contributed by atoms with Crippen LogP contribution in [0.3, 0.4) is 0 Å². The molecule has 1 atom stereocenters. The highest BCUT2D eigenvalue weighted by Gasteiger charge is 2.42. The van der Waals surface area contributed by atoms with Gasteiger partial charge in [0.15, 0.2) is 11.5 Å². The fourth-order valence-electron chi connectivity index (χ4n) is 3.21. The third-order valence-corrected chi connectivity index (χ3v) is 4.65. The highest BCUT2D eigenvalue weighted by atomic mass is 35.5. The van der Waals surface area contributed by atoms with Crippen LogP contribution in [0.4, 0.5) is 4.39 Å². The number of rotatable bonds is 2. The first-order valence-corrected chi connectivity index (χ1v) is 8.31. The van der Waals surface area contributed by atoms with Crippen LogP contribution >= 0.6 is 24.0 Å². The van der Waals surface area contributed by atoms with Crippen LogP contribution in [0.15, 0.2) is 42.5 Å². The van der Waals surface area contributed by atoms with Gasteiger partial charge in [-0.15, -0.1) is 12.4 Å². The third-order valence-electron chi connectivity index (χ3n) is 4.41. The molecule has 132 valence electrons. The monoisotopic (exact) mass is 381 g/mol. The van der Waals surface area contributed by atoms with E-state index in [9.17, 15) is 4.39 Å². The molecule has 3 nitrogen and oxygen atoms in total. The Bertz CT molecular complexity index is 840. The van der Waals surface area contributed by atoms with Crippen molar-refractivity contribution in [2.45, 2.75) is 19.1 Å². The number of hydrogen-bond donors (Lipinski definition) is 1. The summed E-state index contributed by atoms with van der Waals surface area (Å²) in [5, 5.41) is 3.64. The van der Waals surface area contributed by atoms with Crippen LogP contribution in [0.1, 0.15) is 24.5 Å². The smallest absolute Gasteiger partial charge is 0.278 e. The molecule has 6 heteroatoms. The topological polar surface area (TPSA) is 30.5 Å². The first kappa shape index (κ1) is 18.1. The minimum absolute atomic E-state index is 0. The molecule has 1 N–H and O–H groups in total. The number of ether oxygens (including phenoxy) is 2. The molecule has 0 bridgehead atoms. The molecule has 25 heavy (non-hydrogen) atoms. The average Bonchev–Trinajstić information content (AvgIpc) is 2.92. The zero-order chi connectivity index (χ0) is 16.7. The van der Waals surface area contributed by atoms with E-state index in [-0.39, 0.29) is 12.4 Å². The minimum atomic E-state index is -1.21. The summed E-state index contributed by atoms with van der Waals surface area (Å²) in [6, 6.07) is 10.3. The second-order valence-corrected chi connectivity index (χ2v) is 6.53. The molecule has 0 spiro atoms. The van der Waals surface area contributed by atoms with Crippen molar-refractivity contribution < 1.29 is 13.9 Å². The maximum absolute atomic E-state index is 14.4. The van der Waals surface area contributed by atoms with Crippen molar-refractivity contribution in [3.8, 4) is 11.5 Å². The number of benzene rings is 2. The lowest BCUT2D eigenvalue weighted by Gasteiger charge is -2.24. The molecule has 0 amide bonds. The molecule has 0 aliphatic carbocycles. The van der Waals surface area contributed by atoms with E-state index in [0.29, 0.717) is 22.1 Å². The maximum Gasteiger partial charge on any atom is 0.278 e. The normalized spacial score (nSPS) is 21.5. The van der Waals surface area contributed by atoms with E-state index in [4.69, 9.17) is 21.1 Å². The van der Waals surface area contributed by atoms with Gasteiger partial charge in [0.05, 0.1) is 5.56 Å². The first-order chi connectivity index (χ1) is 11.6. The highest BCUT2D eigenvalue weighted by molar-refractivity contribution is 6.30. The van der Waals surface area contributed by atoms with Gasteiger partial charge in [0.2, 0.25) is 0 Å². The molecule has 0 aromatic heterocycles. The van der Waals surface area contributed by atoms with Gasteiger partial charge in [-0.25, -0.2) is 4.39 Å². The van der Waals surface area contributed by atoms with E-state index in [2.05, 4.69) is 11.4 Å². The van der Waals surface area contributed by atoms with Crippen molar-refractivity contribution in [2.24, 2.45) is 0 Å². The summed E-state index contributed by atoms with van der Waals surface area (Å²) >= 11 is 5.85. The lowest BCUT2D eigenvalue weighted by Crippen LogP contribution is -2.32. The zero-order valence-electron chi connectivity index (χ0n) is 13.6. The summed E-state index contributed by atoms with van der Waals surface area (Å²) in [5.41, 5.74) is 2.55. The van der Waals surface area contributed by atoms with Crippen LogP contribution in [-0.2, 0) is 5.79 Å². The van der Waals surface area contributed by atoms with E-state index in [1.165, 1.54) is 11.6 Å². The first-order valence-electron chi connectivity index (χ1n) is 7.93. The molecule has 2 aromatic rings. The molecular formula is C19H18Cl2FNO2. The summed E-state index contributed by atoms with van der Waals surface area (Å²) in [6.07, 6.45) is 3.08. The number of halogens is 3. The quantitative estimate of drug-likeness (QED) is 0.800. The largest absolute Gasteiger partial charge is 0.444 e. The van der Waals surface area contributed by atoms with E-state index < -0.39 is 11.6 Å². The summed E-state index contributed by atoms with van der Waals surface area (Å²) in [4.78, 5) is 0. The van der Waals surface area contributed by atoms with Gasteiger partial charge in [0.25, 0.3) is 5.79 Å². The lowest BCUT2D eigenvalue weighted by atomic mass is 9.99. The number of nitrogens with one attached hydrogen (secondary N) is 1. The lowest BCUT2D eigenvalue weighted by molar-refractivity contribution is -0.0708. The average molecular weight is 382 g/mol. The van der Waals surface area contributed by atoms with E-state index >= 15 is 0 Å². The molecule has 0 radical (unpaired) electrons. The third kappa shape index (κ3) is 3.22. The van der Waals surface area contributed by atoms with Crippen LogP contribution in [-0.4, -0.2) is 13.1 Å². The summed E-state index contributed by atoms with van der Waals surface area (Å²) in [6.45, 7) is 3.49. The van der Waals surface area contributed by atoms with Crippen LogP contribution in [0.2, 0.25) is 5.02 Å². The molecule has 2 aromatic carbocycles. The molecule has 1 unspecified atom stereocenters. The maximum atomic E-state index is 14.4. The van der Waals surface area contributed by atoms with Gasteiger partial charge in [-0.1, -0.05) is 29.8 Å². The van der Waals surface area contributed by atoms with Gasteiger partial charge in [-0.3, -0.25) is 0 Å². The van der Waals surface area contributed by atoms with E-state index in [0.717, 1.165) is 25.1 Å². The minimum Gasteiger partial charge on any atom is -0.444 e. The van der Waals surface area contributed by atoms with Crippen molar-refractivity contribution in [2.75, 3.05) is 13.1 Å².